The van der Waals surface area contributed by atoms with Crippen LogP contribution in [-0.4, -0.2) is 15.0 Å². The Balaban J connectivity index is 2.12. The number of rotatable bonds is 2. The van der Waals surface area contributed by atoms with E-state index < -0.39 is 10.0 Å². The number of hydrogen-bond acceptors (Lipinski definition) is 2. The number of halogens is 1. The molecule has 3 rings (SSSR count). The number of hydrogen-bond donors (Lipinski definition) is 0. The molecule has 0 aromatic heterocycles. The second kappa shape index (κ2) is 5.70. The molecule has 114 valence electrons. The van der Waals surface area contributed by atoms with Gasteiger partial charge in [-0.15, -0.1) is 0 Å². The van der Waals surface area contributed by atoms with Crippen LogP contribution in [0.3, 0.4) is 0 Å². The molecule has 0 radical (unpaired) electrons. The van der Waals surface area contributed by atoms with Crippen LogP contribution in [0.2, 0.25) is 0 Å². The summed E-state index contributed by atoms with van der Waals surface area (Å²) in [5.41, 5.74) is 3.89. The Morgan fingerprint density at radius 1 is 1.00 bits per heavy atom. The van der Waals surface area contributed by atoms with Crippen LogP contribution in [0.15, 0.2) is 53.4 Å². The van der Waals surface area contributed by atoms with Crippen LogP contribution in [0.25, 0.3) is 3.58 Å². The molecule has 0 unspecified atom stereocenters. The Kier molecular flexibility index (Phi) is 4.03. The summed E-state index contributed by atoms with van der Waals surface area (Å²) in [4.78, 5) is 0.329. The number of benzene rings is 2. The predicted molar refractivity (Wildman–Crippen MR) is 98.9 cm³/mol. The first-order valence-corrected chi connectivity index (χ1v) is 9.47. The van der Waals surface area contributed by atoms with E-state index in [1.165, 1.54) is 4.31 Å². The molecule has 0 N–H and O–H groups in total. The van der Waals surface area contributed by atoms with Crippen molar-refractivity contribution < 1.29 is 8.42 Å². The molecule has 0 saturated heterocycles. The van der Waals surface area contributed by atoms with E-state index in [0.29, 0.717) is 11.4 Å². The zero-order chi connectivity index (χ0) is 15.9. The lowest BCUT2D eigenvalue weighted by Crippen LogP contribution is -2.33. The van der Waals surface area contributed by atoms with Crippen LogP contribution in [0.5, 0.6) is 0 Å². The van der Waals surface area contributed by atoms with Crippen molar-refractivity contribution in [1.82, 2.24) is 0 Å². The Hall–Kier alpha value is -1.34. The third-order valence-corrected chi connectivity index (χ3v) is 6.54. The predicted octanol–water partition coefficient (Wildman–Crippen LogP) is 4.29. The molecule has 0 saturated carbocycles. The number of sulfonamides is 1. The van der Waals surface area contributed by atoms with E-state index in [-0.39, 0.29) is 0 Å². The minimum absolute atomic E-state index is 0.329. The zero-order valence-corrected chi connectivity index (χ0v) is 15.3. The zero-order valence-electron chi connectivity index (χ0n) is 12.4. The van der Waals surface area contributed by atoms with Gasteiger partial charge in [0, 0.05) is 9.14 Å². The third kappa shape index (κ3) is 2.67. The fourth-order valence-electron chi connectivity index (χ4n) is 2.50. The maximum Gasteiger partial charge on any atom is 0.264 e. The van der Waals surface area contributed by atoms with Gasteiger partial charge in [-0.1, -0.05) is 29.3 Å². The van der Waals surface area contributed by atoms with Crippen molar-refractivity contribution in [1.29, 1.82) is 0 Å². The van der Waals surface area contributed by atoms with Crippen molar-refractivity contribution in [3.63, 3.8) is 0 Å². The maximum absolute atomic E-state index is 12.9. The van der Waals surface area contributed by atoms with Gasteiger partial charge in [-0.05, 0) is 66.8 Å². The van der Waals surface area contributed by atoms with Gasteiger partial charge in [0.15, 0.2) is 0 Å². The first-order chi connectivity index (χ1) is 10.4. The van der Waals surface area contributed by atoms with Crippen LogP contribution >= 0.6 is 22.6 Å². The molecular weight excluding hydrogens is 409 g/mol. The molecule has 5 heteroatoms. The molecule has 22 heavy (non-hydrogen) atoms. The lowest BCUT2D eigenvalue weighted by atomic mass is 10.1. The summed E-state index contributed by atoms with van der Waals surface area (Å²) < 4.78 is 28.5. The number of nitrogens with zero attached hydrogens (tertiary/aromatic N) is 1. The van der Waals surface area contributed by atoms with Crippen LogP contribution in [0.4, 0.5) is 5.69 Å². The SMILES string of the molecule is Cc1ccc(S(=O)(=O)N2CC=C(I)c3cc(C)ccc32)cc1. The van der Waals surface area contributed by atoms with Gasteiger partial charge in [-0.25, -0.2) is 8.42 Å². The molecule has 2 aromatic rings. The van der Waals surface area contributed by atoms with E-state index in [1.54, 1.807) is 12.1 Å². The second-order valence-electron chi connectivity index (χ2n) is 5.42. The van der Waals surface area contributed by atoms with E-state index in [1.807, 2.05) is 50.3 Å². The van der Waals surface area contributed by atoms with E-state index in [0.717, 1.165) is 26.0 Å². The standard InChI is InChI=1S/C17H16INO2S/c1-12-3-6-14(7-4-12)22(20,21)19-10-9-16(18)15-11-13(2)5-8-17(15)19/h3-9,11H,10H2,1-2H3. The van der Waals surface area contributed by atoms with E-state index >= 15 is 0 Å². The van der Waals surface area contributed by atoms with Gasteiger partial charge in [0.05, 0.1) is 17.1 Å². The minimum atomic E-state index is -3.54. The maximum atomic E-state index is 12.9. The second-order valence-corrected chi connectivity index (χ2v) is 8.45. The molecule has 0 atom stereocenters. The van der Waals surface area contributed by atoms with Gasteiger partial charge in [0.25, 0.3) is 10.0 Å². The lowest BCUT2D eigenvalue weighted by Gasteiger charge is -2.29. The van der Waals surface area contributed by atoms with Crippen LogP contribution in [0.1, 0.15) is 16.7 Å². The van der Waals surface area contributed by atoms with Gasteiger partial charge < -0.3 is 0 Å². The van der Waals surface area contributed by atoms with Crippen molar-refractivity contribution in [3.05, 3.63) is 65.2 Å². The third-order valence-electron chi connectivity index (χ3n) is 3.72. The van der Waals surface area contributed by atoms with Crippen molar-refractivity contribution in [3.8, 4) is 0 Å². The monoisotopic (exact) mass is 425 g/mol. The molecule has 1 aliphatic rings. The van der Waals surface area contributed by atoms with Crippen molar-refractivity contribution in [2.45, 2.75) is 18.7 Å². The van der Waals surface area contributed by atoms with Crippen molar-refractivity contribution in [2.24, 2.45) is 0 Å². The number of aryl methyl sites for hydroxylation is 2. The van der Waals surface area contributed by atoms with Crippen LogP contribution in [0, 0.1) is 13.8 Å². The van der Waals surface area contributed by atoms with Crippen molar-refractivity contribution >= 4 is 41.9 Å². The number of fused-ring (bicyclic) bond motifs is 1. The van der Waals surface area contributed by atoms with E-state index in [2.05, 4.69) is 22.6 Å². The highest BCUT2D eigenvalue weighted by atomic mass is 127. The number of anilines is 1. The highest BCUT2D eigenvalue weighted by Gasteiger charge is 2.29. The smallest absolute Gasteiger partial charge is 0.262 e. The summed E-state index contributed by atoms with van der Waals surface area (Å²) in [6.07, 6.45) is 1.95. The first kappa shape index (κ1) is 15.6. The van der Waals surface area contributed by atoms with Crippen LogP contribution < -0.4 is 4.31 Å². The minimum Gasteiger partial charge on any atom is -0.262 e. The summed E-state index contributed by atoms with van der Waals surface area (Å²) in [7, 11) is -3.54. The molecule has 3 nitrogen and oxygen atoms in total. The van der Waals surface area contributed by atoms with E-state index in [4.69, 9.17) is 0 Å². The topological polar surface area (TPSA) is 37.4 Å². The molecule has 0 spiro atoms. The summed E-state index contributed by atoms with van der Waals surface area (Å²) in [5, 5.41) is 0. The molecule has 0 fully saturated rings. The van der Waals surface area contributed by atoms with Gasteiger partial charge in [0.1, 0.15) is 0 Å². The molecule has 0 aliphatic carbocycles. The Morgan fingerprint density at radius 3 is 2.32 bits per heavy atom. The summed E-state index contributed by atoms with van der Waals surface area (Å²) >= 11 is 2.26. The fourth-order valence-corrected chi connectivity index (χ4v) is 4.55. The molecule has 1 aliphatic heterocycles. The quantitative estimate of drug-likeness (QED) is 0.674. The molecule has 1 heterocycles. The lowest BCUT2D eigenvalue weighted by molar-refractivity contribution is 0.592. The average molecular weight is 425 g/mol. The average Bonchev–Trinajstić information content (AvgIpc) is 2.48. The Bertz CT molecular complexity index is 855. The Labute approximate surface area is 144 Å². The summed E-state index contributed by atoms with van der Waals surface area (Å²) in [6, 6.07) is 12.9. The van der Waals surface area contributed by atoms with Gasteiger partial charge >= 0.3 is 0 Å². The molecule has 0 amide bonds. The normalized spacial score (nSPS) is 14.5. The summed E-state index contributed by atoms with van der Waals surface area (Å²) in [6.45, 7) is 4.32. The van der Waals surface area contributed by atoms with Gasteiger partial charge in [-0.3, -0.25) is 4.31 Å². The molecule has 0 bridgehead atoms. The highest BCUT2D eigenvalue weighted by Crippen LogP contribution is 2.38. The largest absolute Gasteiger partial charge is 0.264 e. The summed E-state index contributed by atoms with van der Waals surface area (Å²) in [5.74, 6) is 0. The van der Waals surface area contributed by atoms with Crippen molar-refractivity contribution in [2.75, 3.05) is 10.8 Å². The molecule has 2 aromatic carbocycles. The Morgan fingerprint density at radius 2 is 1.64 bits per heavy atom. The highest BCUT2D eigenvalue weighted by molar-refractivity contribution is 14.1. The first-order valence-electron chi connectivity index (χ1n) is 6.96. The van der Waals surface area contributed by atoms with Gasteiger partial charge in [0.2, 0.25) is 0 Å². The van der Waals surface area contributed by atoms with Crippen LogP contribution in [-0.2, 0) is 10.0 Å². The van der Waals surface area contributed by atoms with E-state index in [9.17, 15) is 8.42 Å². The fraction of sp³-hybridized carbons (Fsp3) is 0.176. The van der Waals surface area contributed by atoms with Gasteiger partial charge in [-0.2, -0.15) is 0 Å². The molecular formula is C17H16INO2S.